The van der Waals surface area contributed by atoms with Gasteiger partial charge in [-0.3, -0.25) is 0 Å². The average molecular weight is 228 g/mol. The van der Waals surface area contributed by atoms with Crippen molar-refractivity contribution < 1.29 is 5.11 Å². The Hall–Kier alpha value is -0.340. The van der Waals surface area contributed by atoms with Gasteiger partial charge in [-0.05, 0) is 24.1 Å². The van der Waals surface area contributed by atoms with E-state index >= 15 is 0 Å². The van der Waals surface area contributed by atoms with Crippen LogP contribution < -0.4 is 0 Å². The summed E-state index contributed by atoms with van der Waals surface area (Å²) in [5.41, 5.74) is 0.889. The van der Waals surface area contributed by atoms with Gasteiger partial charge in [-0.2, -0.15) is 0 Å². The van der Waals surface area contributed by atoms with E-state index in [4.69, 9.17) is 0 Å². The van der Waals surface area contributed by atoms with Gasteiger partial charge in [-0.1, -0.05) is 41.4 Å². The Morgan fingerprint density at radius 1 is 1.33 bits per heavy atom. The average Bonchev–Trinajstić information content (AvgIpc) is 2.06. The fourth-order valence-electron chi connectivity index (χ4n) is 1.11. The number of hydrogen-bond donors (Lipinski definition) is 0. The highest BCUT2D eigenvalue weighted by Gasteiger charge is 2.06. The molecule has 0 fully saturated rings. The molecule has 0 amide bonds. The van der Waals surface area contributed by atoms with Crippen LogP contribution in [0.5, 0.6) is 0 Å². The van der Waals surface area contributed by atoms with Crippen LogP contribution in [0.4, 0.5) is 0 Å². The van der Waals surface area contributed by atoms with Gasteiger partial charge in [0.25, 0.3) is 0 Å². The van der Waals surface area contributed by atoms with Crippen LogP contribution in [-0.2, 0) is 5.11 Å². The predicted octanol–water partition coefficient (Wildman–Crippen LogP) is 3.72. The van der Waals surface area contributed by atoms with Crippen LogP contribution >= 0.6 is 15.9 Å². The summed E-state index contributed by atoms with van der Waals surface area (Å²) in [4.78, 5) is 0. The molecule has 1 rings (SSSR count). The predicted molar refractivity (Wildman–Crippen MR) is 52.5 cm³/mol. The lowest BCUT2D eigenvalue weighted by atomic mass is 10.1. The lowest BCUT2D eigenvalue weighted by molar-refractivity contribution is 0.0805. The first kappa shape index (κ1) is 9.75. The maximum Gasteiger partial charge on any atom is 0.118 e. The fourth-order valence-corrected chi connectivity index (χ4v) is 1.37. The summed E-state index contributed by atoms with van der Waals surface area (Å²) in [6.45, 7) is 2.03. The molecule has 1 radical (unpaired) electrons. The molecule has 0 aliphatic carbocycles. The third kappa shape index (κ3) is 2.61. The van der Waals surface area contributed by atoms with E-state index in [2.05, 4.69) is 15.9 Å². The van der Waals surface area contributed by atoms with Crippen molar-refractivity contribution in [3.05, 3.63) is 34.3 Å². The van der Waals surface area contributed by atoms with Crippen molar-refractivity contribution in [2.24, 2.45) is 0 Å². The molecule has 1 atom stereocenters. The molecule has 0 bridgehead atoms. The van der Waals surface area contributed by atoms with E-state index in [-0.39, 0.29) is 0 Å². The van der Waals surface area contributed by atoms with Crippen LogP contribution in [0.2, 0.25) is 0 Å². The Labute approximate surface area is 81.6 Å². The Morgan fingerprint density at radius 2 is 1.92 bits per heavy atom. The summed E-state index contributed by atoms with van der Waals surface area (Å²) in [5, 5.41) is 11.4. The highest BCUT2D eigenvalue weighted by molar-refractivity contribution is 9.10. The highest BCUT2D eigenvalue weighted by Crippen LogP contribution is 2.20. The Bertz CT molecular complexity index is 230. The van der Waals surface area contributed by atoms with Gasteiger partial charge in [0.2, 0.25) is 0 Å². The molecule has 0 heterocycles. The number of halogens is 1. The van der Waals surface area contributed by atoms with E-state index < -0.39 is 6.10 Å². The second-order valence-corrected chi connectivity index (χ2v) is 3.74. The van der Waals surface area contributed by atoms with E-state index in [1.807, 2.05) is 31.2 Å². The second kappa shape index (κ2) is 4.63. The molecule has 0 N–H and O–H groups in total. The van der Waals surface area contributed by atoms with Crippen LogP contribution in [0, 0.1) is 0 Å². The molecule has 0 aliphatic heterocycles. The Kier molecular flexibility index (Phi) is 3.76. The van der Waals surface area contributed by atoms with E-state index in [1.165, 1.54) is 0 Å². The molecule has 0 spiro atoms. The standard InChI is InChI=1S/C10H12BrO/c1-2-3-10(12)8-4-6-9(11)7-5-8/h4-7,10H,2-3H2,1H3. The van der Waals surface area contributed by atoms with Gasteiger partial charge >= 0.3 is 0 Å². The largest absolute Gasteiger partial charge is 0.228 e. The van der Waals surface area contributed by atoms with E-state index in [9.17, 15) is 5.11 Å². The zero-order valence-electron chi connectivity index (χ0n) is 7.09. The minimum absolute atomic E-state index is 0.553. The van der Waals surface area contributed by atoms with Crippen molar-refractivity contribution >= 4 is 15.9 Å². The van der Waals surface area contributed by atoms with Crippen LogP contribution in [0.25, 0.3) is 0 Å². The zero-order chi connectivity index (χ0) is 8.97. The van der Waals surface area contributed by atoms with Gasteiger partial charge in [-0.15, -0.1) is 0 Å². The number of rotatable bonds is 3. The van der Waals surface area contributed by atoms with E-state index in [0.29, 0.717) is 0 Å². The molecule has 1 aromatic rings. The molecule has 1 unspecified atom stereocenters. The SMILES string of the molecule is CCCC([O])c1ccc(Br)cc1. The fraction of sp³-hybridized carbons (Fsp3) is 0.400. The van der Waals surface area contributed by atoms with Crippen molar-refractivity contribution in [3.8, 4) is 0 Å². The Balaban J connectivity index is 2.68. The third-order valence-corrected chi connectivity index (χ3v) is 2.32. The normalized spacial score (nSPS) is 12.9. The summed E-state index contributed by atoms with van der Waals surface area (Å²) < 4.78 is 1.02. The van der Waals surface area contributed by atoms with Crippen LogP contribution in [0.3, 0.4) is 0 Å². The molecular weight excluding hydrogens is 216 g/mol. The van der Waals surface area contributed by atoms with Crippen molar-refractivity contribution in [3.63, 3.8) is 0 Å². The van der Waals surface area contributed by atoms with Crippen molar-refractivity contribution in [1.29, 1.82) is 0 Å². The second-order valence-electron chi connectivity index (χ2n) is 2.83. The van der Waals surface area contributed by atoms with Crippen molar-refractivity contribution in [1.82, 2.24) is 0 Å². The van der Waals surface area contributed by atoms with Crippen LogP contribution in [0.15, 0.2) is 28.7 Å². The summed E-state index contributed by atoms with van der Waals surface area (Å²) in [6.07, 6.45) is 1.12. The van der Waals surface area contributed by atoms with Crippen LogP contribution in [0.1, 0.15) is 31.4 Å². The van der Waals surface area contributed by atoms with Gasteiger partial charge in [-0.25, -0.2) is 5.11 Å². The minimum Gasteiger partial charge on any atom is -0.228 e. The quantitative estimate of drug-likeness (QED) is 0.751. The molecular formula is C10H12BrO. The molecule has 65 valence electrons. The maximum atomic E-state index is 11.4. The topological polar surface area (TPSA) is 19.9 Å². The first-order chi connectivity index (χ1) is 5.74. The first-order valence-corrected chi connectivity index (χ1v) is 4.94. The Morgan fingerprint density at radius 3 is 2.42 bits per heavy atom. The number of hydrogen-bond acceptors (Lipinski definition) is 0. The van der Waals surface area contributed by atoms with E-state index in [0.717, 1.165) is 22.9 Å². The molecule has 2 heteroatoms. The highest BCUT2D eigenvalue weighted by atomic mass is 79.9. The summed E-state index contributed by atoms with van der Waals surface area (Å²) in [7, 11) is 0. The molecule has 0 saturated carbocycles. The molecule has 0 aromatic heterocycles. The molecule has 0 saturated heterocycles. The van der Waals surface area contributed by atoms with Crippen LogP contribution in [-0.4, -0.2) is 0 Å². The van der Waals surface area contributed by atoms with Crippen molar-refractivity contribution in [2.45, 2.75) is 25.9 Å². The number of benzene rings is 1. The van der Waals surface area contributed by atoms with Gasteiger partial charge in [0.05, 0.1) is 0 Å². The maximum absolute atomic E-state index is 11.4. The smallest absolute Gasteiger partial charge is 0.118 e. The third-order valence-electron chi connectivity index (χ3n) is 1.79. The summed E-state index contributed by atoms with van der Waals surface area (Å²) in [6, 6.07) is 7.60. The molecule has 0 aliphatic rings. The lowest BCUT2D eigenvalue weighted by Crippen LogP contribution is -1.93. The van der Waals surface area contributed by atoms with Gasteiger partial charge in [0, 0.05) is 4.47 Å². The summed E-state index contributed by atoms with van der Waals surface area (Å²) >= 11 is 3.33. The molecule has 1 aromatic carbocycles. The van der Waals surface area contributed by atoms with Gasteiger partial charge in [0.15, 0.2) is 0 Å². The summed E-state index contributed by atoms with van der Waals surface area (Å²) in [5.74, 6) is 0. The monoisotopic (exact) mass is 227 g/mol. The molecule has 12 heavy (non-hydrogen) atoms. The van der Waals surface area contributed by atoms with Gasteiger partial charge < -0.3 is 0 Å². The lowest BCUT2D eigenvalue weighted by Gasteiger charge is -2.06. The zero-order valence-corrected chi connectivity index (χ0v) is 8.67. The van der Waals surface area contributed by atoms with Crippen molar-refractivity contribution in [2.75, 3.05) is 0 Å². The minimum atomic E-state index is -0.553. The first-order valence-electron chi connectivity index (χ1n) is 4.15. The van der Waals surface area contributed by atoms with Gasteiger partial charge in [0.1, 0.15) is 6.10 Å². The molecule has 1 nitrogen and oxygen atoms in total. The van der Waals surface area contributed by atoms with E-state index in [1.54, 1.807) is 0 Å².